The third-order valence-electron chi connectivity index (χ3n) is 4.31. The zero-order valence-electron chi connectivity index (χ0n) is 15.9. The zero-order valence-corrected chi connectivity index (χ0v) is 15.9. The van der Waals surface area contributed by atoms with Gasteiger partial charge in [-0.05, 0) is 23.8 Å². The number of halogens is 3. The zero-order chi connectivity index (χ0) is 22.0. The molecule has 0 aliphatic carbocycles. The van der Waals surface area contributed by atoms with Crippen molar-refractivity contribution in [2.24, 2.45) is 0 Å². The Labute approximate surface area is 173 Å². The fraction of sp³-hybridized carbons (Fsp3) is 0.150. The Hall–Kier alpha value is -4.20. The number of aryl methyl sites for hydroxylation is 1. The third kappa shape index (κ3) is 4.37. The van der Waals surface area contributed by atoms with Crippen LogP contribution >= 0.6 is 0 Å². The van der Waals surface area contributed by atoms with E-state index >= 15 is 0 Å². The minimum absolute atomic E-state index is 0.0122. The fourth-order valence-electron chi connectivity index (χ4n) is 2.83. The molecule has 0 atom stereocenters. The van der Waals surface area contributed by atoms with Gasteiger partial charge in [-0.1, -0.05) is 29.4 Å². The molecule has 0 spiro atoms. The van der Waals surface area contributed by atoms with Gasteiger partial charge in [0.1, 0.15) is 24.1 Å². The van der Waals surface area contributed by atoms with Crippen molar-refractivity contribution in [3.8, 4) is 34.5 Å². The summed E-state index contributed by atoms with van der Waals surface area (Å²) in [6.45, 7) is 1.71. The summed E-state index contributed by atoms with van der Waals surface area (Å²) in [6.07, 6.45) is -4.60. The molecule has 8 nitrogen and oxygen atoms in total. The van der Waals surface area contributed by atoms with Crippen LogP contribution in [0.1, 0.15) is 22.7 Å². The number of nitriles is 1. The number of aromatic amines is 1. The minimum Gasteiger partial charge on any atom is -0.489 e. The maximum Gasteiger partial charge on any atom is 0.416 e. The first-order valence-corrected chi connectivity index (χ1v) is 8.89. The lowest BCUT2D eigenvalue weighted by Crippen LogP contribution is -2.06. The molecular formula is C20H13F3N6O2. The van der Waals surface area contributed by atoms with Crippen molar-refractivity contribution in [1.29, 1.82) is 5.26 Å². The summed E-state index contributed by atoms with van der Waals surface area (Å²) in [4.78, 5) is 4.13. The van der Waals surface area contributed by atoms with Gasteiger partial charge in [-0.15, -0.1) is 5.10 Å². The summed E-state index contributed by atoms with van der Waals surface area (Å²) in [5.41, 5.74) is 0.502. The first-order chi connectivity index (χ1) is 14.8. The average Bonchev–Trinajstić information content (AvgIpc) is 3.40. The van der Waals surface area contributed by atoms with Crippen LogP contribution in [-0.2, 0) is 12.8 Å². The van der Waals surface area contributed by atoms with Gasteiger partial charge in [0.25, 0.3) is 0 Å². The number of H-pyrrole nitrogens is 1. The Morgan fingerprint density at radius 1 is 1.10 bits per heavy atom. The van der Waals surface area contributed by atoms with Gasteiger partial charge in [0.2, 0.25) is 11.7 Å². The van der Waals surface area contributed by atoms with Gasteiger partial charge in [0, 0.05) is 18.1 Å². The van der Waals surface area contributed by atoms with Gasteiger partial charge < -0.3 is 9.26 Å². The maximum atomic E-state index is 13.4. The van der Waals surface area contributed by atoms with Gasteiger partial charge in [-0.3, -0.25) is 0 Å². The number of nitrogens with zero attached hydrogens (tertiary/aromatic N) is 5. The first kappa shape index (κ1) is 20.1. The highest BCUT2D eigenvalue weighted by molar-refractivity contribution is 5.67. The van der Waals surface area contributed by atoms with Crippen LogP contribution in [0.25, 0.3) is 22.6 Å². The number of alkyl halides is 3. The summed E-state index contributed by atoms with van der Waals surface area (Å²) >= 11 is 0. The Bertz CT molecular complexity index is 1260. The quantitative estimate of drug-likeness (QED) is 0.506. The van der Waals surface area contributed by atoms with Crippen LogP contribution in [-0.4, -0.2) is 25.6 Å². The third-order valence-corrected chi connectivity index (χ3v) is 4.31. The molecule has 0 fully saturated rings. The molecule has 11 heteroatoms. The summed E-state index contributed by atoms with van der Waals surface area (Å²) in [5, 5.41) is 22.6. The van der Waals surface area contributed by atoms with E-state index < -0.39 is 11.7 Å². The van der Waals surface area contributed by atoms with Crippen molar-refractivity contribution in [1.82, 2.24) is 25.6 Å². The molecule has 0 aliphatic heterocycles. The van der Waals surface area contributed by atoms with Gasteiger partial charge >= 0.3 is 6.18 Å². The highest BCUT2D eigenvalue weighted by Crippen LogP contribution is 2.36. The molecule has 1 N–H and O–H groups in total. The second kappa shape index (κ2) is 7.91. The molecule has 4 aromatic rings. The van der Waals surface area contributed by atoms with Gasteiger partial charge in [-0.25, -0.2) is 0 Å². The summed E-state index contributed by atoms with van der Waals surface area (Å²) in [7, 11) is 0. The van der Waals surface area contributed by atoms with Crippen LogP contribution in [0.5, 0.6) is 5.75 Å². The lowest BCUT2D eigenvalue weighted by molar-refractivity contribution is -0.137. The molecule has 0 saturated carbocycles. The minimum atomic E-state index is -4.60. The fourth-order valence-corrected chi connectivity index (χ4v) is 2.83. The van der Waals surface area contributed by atoms with Crippen molar-refractivity contribution in [3.63, 3.8) is 0 Å². The second-order valence-electron chi connectivity index (χ2n) is 6.50. The maximum absolute atomic E-state index is 13.4. The number of aromatic nitrogens is 5. The van der Waals surface area contributed by atoms with E-state index in [1.54, 1.807) is 37.3 Å². The van der Waals surface area contributed by atoms with E-state index in [1.165, 1.54) is 6.07 Å². The summed E-state index contributed by atoms with van der Waals surface area (Å²) in [5.74, 6) is 0.859. The van der Waals surface area contributed by atoms with Crippen LogP contribution in [0.15, 0.2) is 47.0 Å². The van der Waals surface area contributed by atoms with Gasteiger partial charge in [-0.2, -0.15) is 33.7 Å². The van der Waals surface area contributed by atoms with Crippen molar-refractivity contribution in [3.05, 3.63) is 65.2 Å². The van der Waals surface area contributed by atoms with Crippen LogP contribution in [0.4, 0.5) is 13.2 Å². The Morgan fingerprint density at radius 2 is 1.87 bits per heavy atom. The van der Waals surface area contributed by atoms with Crippen molar-refractivity contribution in [2.45, 2.75) is 19.7 Å². The molecule has 0 bridgehead atoms. The predicted molar refractivity (Wildman–Crippen MR) is 100 cm³/mol. The molecule has 2 aromatic carbocycles. The number of hydrogen-bond acceptors (Lipinski definition) is 7. The Morgan fingerprint density at radius 3 is 2.52 bits per heavy atom. The first-order valence-electron chi connectivity index (χ1n) is 8.89. The normalized spacial score (nSPS) is 11.3. The summed E-state index contributed by atoms with van der Waals surface area (Å²) < 4.78 is 50.6. The van der Waals surface area contributed by atoms with Crippen molar-refractivity contribution in [2.75, 3.05) is 0 Å². The van der Waals surface area contributed by atoms with E-state index in [9.17, 15) is 13.2 Å². The Balaban J connectivity index is 1.58. The second-order valence-corrected chi connectivity index (χ2v) is 6.50. The van der Waals surface area contributed by atoms with E-state index in [4.69, 9.17) is 14.5 Å². The number of ether oxygens (including phenoxy) is 1. The average molecular weight is 426 g/mol. The molecule has 31 heavy (non-hydrogen) atoms. The monoisotopic (exact) mass is 426 g/mol. The summed E-state index contributed by atoms with van der Waals surface area (Å²) in [6, 6.07) is 12.0. The van der Waals surface area contributed by atoms with Crippen LogP contribution in [0, 0.1) is 18.3 Å². The highest BCUT2D eigenvalue weighted by Gasteiger charge is 2.32. The van der Waals surface area contributed by atoms with E-state index in [2.05, 4.69) is 25.6 Å². The largest absolute Gasteiger partial charge is 0.489 e. The molecule has 156 valence electrons. The molecule has 0 amide bonds. The molecule has 0 aliphatic rings. The van der Waals surface area contributed by atoms with E-state index in [-0.39, 0.29) is 29.3 Å². The molecule has 4 rings (SSSR count). The van der Waals surface area contributed by atoms with Crippen molar-refractivity contribution < 1.29 is 22.4 Å². The number of benzene rings is 2. The number of nitrogens with one attached hydrogen (secondary N) is 1. The predicted octanol–water partition coefficient (Wildman–Crippen LogP) is 4.30. The molecule has 0 saturated heterocycles. The molecule has 2 heterocycles. The van der Waals surface area contributed by atoms with Crippen LogP contribution in [0.2, 0.25) is 0 Å². The highest BCUT2D eigenvalue weighted by atomic mass is 19.4. The van der Waals surface area contributed by atoms with Crippen LogP contribution in [0.3, 0.4) is 0 Å². The van der Waals surface area contributed by atoms with E-state index in [0.717, 1.165) is 23.3 Å². The standard InChI is InChI=1S/C20H13F3N6O2/c1-11-25-19(28-31-11)13-4-2-12(3-5-13)10-30-16-7-14(6-15(8-16)20(21,22)23)18-17(9-24)26-29-27-18/h2-8H,10H2,1H3,(H,26,27,29). The number of rotatable bonds is 5. The Kier molecular flexibility index (Phi) is 5.12. The van der Waals surface area contributed by atoms with Crippen LogP contribution < -0.4 is 4.74 Å². The number of hydrogen-bond donors (Lipinski definition) is 1. The van der Waals surface area contributed by atoms with Gasteiger partial charge in [0.15, 0.2) is 5.69 Å². The van der Waals surface area contributed by atoms with E-state index in [0.29, 0.717) is 11.7 Å². The molecule has 0 radical (unpaired) electrons. The smallest absolute Gasteiger partial charge is 0.416 e. The molecule has 0 unspecified atom stereocenters. The SMILES string of the molecule is Cc1nc(-c2ccc(COc3cc(-c4n[nH]nc4C#N)cc(C(F)(F)F)c3)cc2)no1. The van der Waals surface area contributed by atoms with E-state index in [1.807, 2.05) is 0 Å². The lowest BCUT2D eigenvalue weighted by Gasteiger charge is -2.13. The van der Waals surface area contributed by atoms with Gasteiger partial charge in [0.05, 0.1) is 5.56 Å². The molecule has 2 aromatic heterocycles. The molecular weight excluding hydrogens is 413 g/mol. The van der Waals surface area contributed by atoms with Crippen molar-refractivity contribution >= 4 is 0 Å². The lowest BCUT2D eigenvalue weighted by atomic mass is 10.1. The topological polar surface area (TPSA) is 114 Å².